The molecule has 1 aliphatic rings. The van der Waals surface area contributed by atoms with Crippen LogP contribution >= 0.6 is 11.6 Å². The molecule has 1 fully saturated rings. The largest absolute Gasteiger partial charge is 0.489 e. The number of rotatable bonds is 3. The van der Waals surface area contributed by atoms with E-state index in [2.05, 4.69) is 20.9 Å². The molecule has 1 aliphatic heterocycles. The van der Waals surface area contributed by atoms with E-state index in [1.807, 2.05) is 0 Å². The summed E-state index contributed by atoms with van der Waals surface area (Å²) in [7, 11) is 0. The van der Waals surface area contributed by atoms with Crippen molar-refractivity contribution in [2.24, 2.45) is 0 Å². The Morgan fingerprint density at radius 2 is 1.96 bits per heavy atom. The predicted octanol–water partition coefficient (Wildman–Crippen LogP) is 4.34. The summed E-state index contributed by atoms with van der Waals surface area (Å²) in [5, 5.41) is 10.6. The average molecular weight is 383 g/mol. The van der Waals surface area contributed by atoms with Gasteiger partial charge in [0, 0.05) is 37.5 Å². The average Bonchev–Trinajstić information content (AvgIpc) is 2.69. The van der Waals surface area contributed by atoms with E-state index in [0.717, 1.165) is 18.5 Å². The Hall–Kier alpha value is -2.91. The van der Waals surface area contributed by atoms with E-state index < -0.39 is 0 Å². The van der Waals surface area contributed by atoms with Crippen molar-refractivity contribution < 1.29 is 9.13 Å². The first kappa shape index (κ1) is 17.5. The molecule has 1 aromatic carbocycles. The van der Waals surface area contributed by atoms with Crippen LogP contribution in [0.1, 0.15) is 18.4 Å². The molecule has 1 saturated heterocycles. The van der Waals surface area contributed by atoms with E-state index in [9.17, 15) is 9.65 Å². The van der Waals surface area contributed by atoms with Crippen LogP contribution in [0.5, 0.6) is 5.75 Å². The van der Waals surface area contributed by atoms with Gasteiger partial charge in [-0.15, -0.1) is 0 Å². The lowest BCUT2D eigenvalue weighted by Gasteiger charge is -2.34. The van der Waals surface area contributed by atoms with Crippen LogP contribution in [0.15, 0.2) is 42.7 Å². The minimum Gasteiger partial charge on any atom is -0.489 e. The Morgan fingerprint density at radius 3 is 2.67 bits per heavy atom. The molecule has 0 amide bonds. The van der Waals surface area contributed by atoms with Crippen molar-refractivity contribution in [2.75, 3.05) is 18.0 Å². The van der Waals surface area contributed by atoms with Gasteiger partial charge in [-0.25, -0.2) is 9.37 Å². The Kier molecular flexibility index (Phi) is 4.78. The van der Waals surface area contributed by atoms with Gasteiger partial charge in [-0.1, -0.05) is 11.6 Å². The molecule has 0 spiro atoms. The van der Waals surface area contributed by atoms with Crippen molar-refractivity contribution in [3.63, 3.8) is 0 Å². The van der Waals surface area contributed by atoms with Crippen LogP contribution in [0.2, 0.25) is 5.15 Å². The van der Waals surface area contributed by atoms with Crippen LogP contribution in [0.3, 0.4) is 0 Å². The molecule has 5 nitrogen and oxygen atoms in total. The number of ether oxygens (including phenoxy) is 1. The molecule has 0 bridgehead atoms. The predicted molar refractivity (Wildman–Crippen MR) is 102 cm³/mol. The quantitative estimate of drug-likeness (QED) is 0.630. The van der Waals surface area contributed by atoms with Crippen molar-refractivity contribution in [3.05, 3.63) is 59.3 Å². The molecule has 4 rings (SSSR count). The summed E-state index contributed by atoms with van der Waals surface area (Å²) in [5.41, 5.74) is 1.87. The number of piperidine rings is 1. The number of hydrogen-bond acceptors (Lipinski definition) is 5. The van der Waals surface area contributed by atoms with Crippen LogP contribution in [0.25, 0.3) is 10.9 Å². The second-order valence-electron chi connectivity index (χ2n) is 6.41. The molecule has 0 saturated carbocycles. The van der Waals surface area contributed by atoms with Crippen LogP contribution in [-0.2, 0) is 0 Å². The highest BCUT2D eigenvalue weighted by Crippen LogP contribution is 2.32. The van der Waals surface area contributed by atoms with Crippen LogP contribution in [0, 0.1) is 17.1 Å². The van der Waals surface area contributed by atoms with Crippen molar-refractivity contribution in [3.8, 4) is 11.8 Å². The van der Waals surface area contributed by atoms with E-state index in [-0.39, 0.29) is 11.9 Å². The number of benzene rings is 1. The summed E-state index contributed by atoms with van der Waals surface area (Å²) >= 11 is 5.80. The molecule has 0 aliphatic carbocycles. The van der Waals surface area contributed by atoms with Gasteiger partial charge in [0.15, 0.2) is 0 Å². The number of halogens is 2. The summed E-state index contributed by atoms with van der Waals surface area (Å²) in [6, 6.07) is 10.1. The normalized spacial score (nSPS) is 14.9. The SMILES string of the molecule is N#Cc1cnc2ccc(F)cc2c1N1CCC(Oc2ccc(Cl)nc2)CC1. The minimum absolute atomic E-state index is 0.0552. The smallest absolute Gasteiger partial charge is 0.138 e. The Bertz CT molecular complexity index is 1010. The van der Waals surface area contributed by atoms with Crippen LogP contribution < -0.4 is 9.64 Å². The fourth-order valence-corrected chi connectivity index (χ4v) is 3.51. The molecule has 0 unspecified atom stereocenters. The van der Waals surface area contributed by atoms with Crippen LogP contribution in [0.4, 0.5) is 10.1 Å². The molecule has 3 heterocycles. The number of nitrogens with zero attached hydrogens (tertiary/aromatic N) is 4. The number of hydrogen-bond donors (Lipinski definition) is 0. The molecule has 27 heavy (non-hydrogen) atoms. The third-order valence-electron chi connectivity index (χ3n) is 4.68. The summed E-state index contributed by atoms with van der Waals surface area (Å²) in [6.07, 6.45) is 4.79. The van der Waals surface area contributed by atoms with Gasteiger partial charge in [-0.2, -0.15) is 5.26 Å². The van der Waals surface area contributed by atoms with E-state index in [1.54, 1.807) is 30.6 Å². The maximum Gasteiger partial charge on any atom is 0.138 e. The Labute approximate surface area is 161 Å². The van der Waals surface area contributed by atoms with Gasteiger partial charge in [-0.05, 0) is 30.3 Å². The fraction of sp³-hybridized carbons (Fsp3) is 0.250. The first-order chi connectivity index (χ1) is 13.1. The zero-order valence-corrected chi connectivity index (χ0v) is 15.2. The maximum absolute atomic E-state index is 13.8. The lowest BCUT2D eigenvalue weighted by molar-refractivity contribution is 0.170. The van der Waals surface area contributed by atoms with Gasteiger partial charge < -0.3 is 9.64 Å². The number of anilines is 1. The summed E-state index contributed by atoms with van der Waals surface area (Å²) < 4.78 is 19.8. The molecule has 0 N–H and O–H groups in total. The highest BCUT2D eigenvalue weighted by atomic mass is 35.5. The Balaban J connectivity index is 1.55. The maximum atomic E-state index is 13.8. The zero-order valence-electron chi connectivity index (χ0n) is 14.4. The third kappa shape index (κ3) is 3.64. The second-order valence-corrected chi connectivity index (χ2v) is 6.80. The topological polar surface area (TPSA) is 62.0 Å². The standard InChI is InChI=1S/C20H16ClFN4O/c21-19-4-2-16(12-25-19)27-15-5-7-26(8-6-15)20-13(10-23)11-24-18-3-1-14(22)9-17(18)20/h1-4,9,11-12,15H,5-8H2. The molecular weight excluding hydrogens is 367 g/mol. The van der Waals surface area contributed by atoms with Gasteiger partial charge in [0.1, 0.15) is 28.9 Å². The minimum atomic E-state index is -0.339. The molecule has 0 radical (unpaired) electrons. The van der Waals surface area contributed by atoms with Crippen molar-refractivity contribution in [1.29, 1.82) is 5.26 Å². The number of nitriles is 1. The third-order valence-corrected chi connectivity index (χ3v) is 4.91. The molecular formula is C20H16ClFN4O. The molecule has 2 aromatic heterocycles. The second kappa shape index (κ2) is 7.37. The van der Waals surface area contributed by atoms with Crippen molar-refractivity contribution in [2.45, 2.75) is 18.9 Å². The fourth-order valence-electron chi connectivity index (χ4n) is 3.40. The number of fused-ring (bicyclic) bond motifs is 1. The molecule has 136 valence electrons. The Morgan fingerprint density at radius 1 is 1.15 bits per heavy atom. The summed E-state index contributed by atoms with van der Waals surface area (Å²) in [6.45, 7) is 1.41. The zero-order chi connectivity index (χ0) is 18.8. The van der Waals surface area contributed by atoms with Gasteiger partial charge in [-0.3, -0.25) is 4.98 Å². The van der Waals surface area contributed by atoms with E-state index in [0.29, 0.717) is 40.5 Å². The molecule has 7 heteroatoms. The van der Waals surface area contributed by atoms with Gasteiger partial charge in [0.2, 0.25) is 0 Å². The molecule has 3 aromatic rings. The van der Waals surface area contributed by atoms with E-state index in [4.69, 9.17) is 16.3 Å². The van der Waals surface area contributed by atoms with Gasteiger partial charge >= 0.3 is 0 Å². The van der Waals surface area contributed by atoms with Crippen molar-refractivity contribution >= 4 is 28.2 Å². The highest BCUT2D eigenvalue weighted by Gasteiger charge is 2.24. The molecule has 0 atom stereocenters. The van der Waals surface area contributed by atoms with E-state index in [1.165, 1.54) is 12.1 Å². The monoisotopic (exact) mass is 382 g/mol. The lowest BCUT2D eigenvalue weighted by Crippen LogP contribution is -2.38. The summed E-state index contributed by atoms with van der Waals surface area (Å²) in [4.78, 5) is 10.4. The van der Waals surface area contributed by atoms with Crippen LogP contribution in [-0.4, -0.2) is 29.2 Å². The van der Waals surface area contributed by atoms with Gasteiger partial charge in [0.25, 0.3) is 0 Å². The van der Waals surface area contributed by atoms with Crippen molar-refractivity contribution in [1.82, 2.24) is 9.97 Å². The highest BCUT2D eigenvalue weighted by molar-refractivity contribution is 6.29. The van der Waals surface area contributed by atoms with E-state index >= 15 is 0 Å². The lowest BCUT2D eigenvalue weighted by atomic mass is 10.0. The van der Waals surface area contributed by atoms with Gasteiger partial charge in [0.05, 0.1) is 23.0 Å². The summed E-state index contributed by atoms with van der Waals surface area (Å²) in [5.74, 6) is 0.348. The first-order valence-corrected chi connectivity index (χ1v) is 9.03. The number of aromatic nitrogens is 2. The first-order valence-electron chi connectivity index (χ1n) is 8.65. The number of pyridine rings is 2.